The molecule has 2 heterocycles. The van der Waals surface area contributed by atoms with E-state index in [4.69, 9.17) is 4.74 Å². The van der Waals surface area contributed by atoms with E-state index in [0.29, 0.717) is 45.1 Å². The van der Waals surface area contributed by atoms with Gasteiger partial charge >= 0.3 is 0 Å². The SMILES string of the molecule is C[Si](C)(C)c1ccc2c(c1)C(=O)N(c1ccc(Oc3ccc(N4C(=O)c5ccc([Si](C)(C)C)cc5C4=O)cc3)cc1)C2=O. The van der Waals surface area contributed by atoms with Crippen LogP contribution in [-0.2, 0) is 0 Å². The standard InChI is InChI=1S/C34H32N2O5Si2/c1-42(2,3)25-15-17-27-29(19-25)33(39)35(31(27)37)21-7-11-23(12-8-21)41-24-13-9-22(10-14-24)36-32(38)28-18-16-26(43(4,5)6)20-30(28)34(36)40/h7-20H,1-6H3. The molecule has 9 heteroatoms. The molecule has 2 aliphatic rings. The molecule has 4 amide bonds. The monoisotopic (exact) mass is 604 g/mol. The summed E-state index contributed by atoms with van der Waals surface area (Å²) in [5.41, 5.74) is 2.65. The number of imide groups is 2. The quantitative estimate of drug-likeness (QED) is 0.194. The average Bonchev–Trinajstić information content (AvgIpc) is 3.36. The molecule has 0 unspecified atom stereocenters. The summed E-state index contributed by atoms with van der Waals surface area (Å²) in [5, 5.41) is 2.26. The summed E-state index contributed by atoms with van der Waals surface area (Å²) in [5.74, 6) is -0.307. The van der Waals surface area contributed by atoms with Crippen LogP contribution in [0.4, 0.5) is 11.4 Å². The van der Waals surface area contributed by atoms with Crippen LogP contribution in [0.3, 0.4) is 0 Å². The van der Waals surface area contributed by atoms with Crippen molar-refractivity contribution in [1.29, 1.82) is 0 Å². The first kappa shape index (κ1) is 28.5. The van der Waals surface area contributed by atoms with Crippen molar-refractivity contribution in [2.75, 3.05) is 9.80 Å². The van der Waals surface area contributed by atoms with Gasteiger partial charge in [-0.1, -0.05) is 61.8 Å². The van der Waals surface area contributed by atoms with Crippen LogP contribution in [0.2, 0.25) is 39.3 Å². The number of anilines is 2. The number of carbonyl (C=O) groups excluding carboxylic acids is 4. The van der Waals surface area contributed by atoms with Gasteiger partial charge in [0.1, 0.15) is 11.5 Å². The van der Waals surface area contributed by atoms with Crippen LogP contribution in [0.5, 0.6) is 11.5 Å². The molecule has 0 spiro atoms. The molecule has 0 bridgehead atoms. The van der Waals surface area contributed by atoms with Crippen LogP contribution in [-0.4, -0.2) is 39.8 Å². The Hall–Kier alpha value is -4.61. The first-order valence-electron chi connectivity index (χ1n) is 14.2. The molecular weight excluding hydrogens is 573 g/mol. The van der Waals surface area contributed by atoms with E-state index >= 15 is 0 Å². The van der Waals surface area contributed by atoms with E-state index in [2.05, 4.69) is 39.3 Å². The van der Waals surface area contributed by atoms with Gasteiger partial charge in [0.15, 0.2) is 0 Å². The maximum absolute atomic E-state index is 13.2. The van der Waals surface area contributed by atoms with E-state index in [0.717, 1.165) is 10.4 Å². The Kier molecular flexibility index (Phi) is 6.63. The predicted octanol–water partition coefficient (Wildman–Crippen LogP) is 6.17. The summed E-state index contributed by atoms with van der Waals surface area (Å²) in [4.78, 5) is 55.0. The van der Waals surface area contributed by atoms with Crippen molar-refractivity contribution in [1.82, 2.24) is 0 Å². The number of hydrogen-bond donors (Lipinski definition) is 0. The van der Waals surface area contributed by atoms with Gasteiger partial charge in [-0.2, -0.15) is 0 Å². The number of ether oxygens (including phenoxy) is 1. The van der Waals surface area contributed by atoms with Crippen LogP contribution < -0.4 is 24.9 Å². The second kappa shape index (κ2) is 10.00. The van der Waals surface area contributed by atoms with E-state index in [9.17, 15) is 19.2 Å². The van der Waals surface area contributed by atoms with Gasteiger partial charge in [-0.05, 0) is 72.8 Å². The van der Waals surface area contributed by atoms with Crippen molar-refractivity contribution in [2.45, 2.75) is 39.3 Å². The van der Waals surface area contributed by atoms with Gasteiger partial charge in [-0.3, -0.25) is 19.2 Å². The lowest BCUT2D eigenvalue weighted by Gasteiger charge is -2.17. The molecule has 0 saturated heterocycles. The minimum atomic E-state index is -1.65. The van der Waals surface area contributed by atoms with Crippen molar-refractivity contribution in [3.63, 3.8) is 0 Å². The Morgan fingerprint density at radius 2 is 0.767 bits per heavy atom. The van der Waals surface area contributed by atoms with Gasteiger partial charge in [0.2, 0.25) is 0 Å². The molecule has 6 rings (SSSR count). The highest BCUT2D eigenvalue weighted by Gasteiger charge is 2.39. The van der Waals surface area contributed by atoms with Crippen LogP contribution in [0.15, 0.2) is 84.9 Å². The van der Waals surface area contributed by atoms with Gasteiger partial charge in [-0.25, -0.2) is 9.80 Å². The largest absolute Gasteiger partial charge is 0.457 e. The van der Waals surface area contributed by atoms with Crippen molar-refractivity contribution < 1.29 is 23.9 Å². The highest BCUT2D eigenvalue weighted by atomic mass is 28.3. The maximum Gasteiger partial charge on any atom is 0.266 e. The zero-order valence-corrected chi connectivity index (χ0v) is 27.0. The van der Waals surface area contributed by atoms with Crippen LogP contribution >= 0.6 is 0 Å². The lowest BCUT2D eigenvalue weighted by atomic mass is 10.1. The molecule has 0 saturated carbocycles. The van der Waals surface area contributed by atoms with Crippen molar-refractivity contribution in [3.8, 4) is 11.5 Å². The second-order valence-electron chi connectivity index (χ2n) is 13.0. The zero-order valence-electron chi connectivity index (χ0n) is 25.0. The van der Waals surface area contributed by atoms with Crippen LogP contribution in [0.1, 0.15) is 41.4 Å². The molecule has 0 N–H and O–H groups in total. The Morgan fingerprint density at radius 1 is 0.442 bits per heavy atom. The molecule has 7 nitrogen and oxygen atoms in total. The molecule has 0 fully saturated rings. The van der Waals surface area contributed by atoms with E-state index in [-0.39, 0.29) is 23.6 Å². The Morgan fingerprint density at radius 3 is 1.09 bits per heavy atom. The number of rotatable bonds is 6. The minimum absolute atomic E-state index is 0.325. The van der Waals surface area contributed by atoms with E-state index < -0.39 is 16.1 Å². The Bertz CT molecular complexity index is 1700. The zero-order chi connectivity index (χ0) is 30.8. The van der Waals surface area contributed by atoms with E-state index in [1.54, 1.807) is 60.7 Å². The van der Waals surface area contributed by atoms with E-state index in [1.165, 1.54) is 9.80 Å². The highest BCUT2D eigenvalue weighted by Crippen LogP contribution is 2.33. The van der Waals surface area contributed by atoms with Gasteiger partial charge in [0, 0.05) is 0 Å². The number of fused-ring (bicyclic) bond motifs is 2. The predicted molar refractivity (Wildman–Crippen MR) is 174 cm³/mol. The molecular formula is C34H32N2O5Si2. The summed E-state index contributed by atoms with van der Waals surface area (Å²) in [7, 11) is -3.30. The summed E-state index contributed by atoms with van der Waals surface area (Å²) in [6.07, 6.45) is 0. The molecule has 0 radical (unpaired) electrons. The fourth-order valence-corrected chi connectivity index (χ4v) is 7.67. The topological polar surface area (TPSA) is 84.0 Å². The number of nitrogens with zero attached hydrogens (tertiary/aromatic N) is 2. The highest BCUT2D eigenvalue weighted by molar-refractivity contribution is 6.89. The molecule has 0 atom stereocenters. The molecule has 0 aromatic heterocycles. The summed E-state index contributed by atoms with van der Waals surface area (Å²) in [6.45, 7) is 13.2. The first-order valence-corrected chi connectivity index (χ1v) is 21.2. The Labute approximate surface area is 252 Å². The lowest BCUT2D eigenvalue weighted by molar-refractivity contribution is 0.0910. The number of hydrogen-bond acceptors (Lipinski definition) is 5. The van der Waals surface area contributed by atoms with E-state index in [1.807, 2.05) is 24.3 Å². The molecule has 43 heavy (non-hydrogen) atoms. The first-order chi connectivity index (χ1) is 20.2. The second-order valence-corrected chi connectivity index (χ2v) is 23.2. The molecule has 0 aliphatic carbocycles. The fraction of sp³-hybridized carbons (Fsp3) is 0.176. The van der Waals surface area contributed by atoms with Crippen molar-refractivity contribution in [3.05, 3.63) is 107 Å². The molecule has 4 aromatic carbocycles. The molecule has 216 valence electrons. The number of amides is 4. The van der Waals surface area contributed by atoms with Gasteiger partial charge < -0.3 is 4.74 Å². The van der Waals surface area contributed by atoms with Crippen molar-refractivity contribution >= 4 is 61.5 Å². The van der Waals surface area contributed by atoms with Crippen LogP contribution in [0, 0.1) is 0 Å². The third-order valence-corrected chi connectivity index (χ3v) is 12.0. The van der Waals surface area contributed by atoms with Gasteiger partial charge in [-0.15, -0.1) is 0 Å². The number of carbonyl (C=O) groups is 4. The smallest absolute Gasteiger partial charge is 0.266 e. The minimum Gasteiger partial charge on any atom is -0.457 e. The van der Waals surface area contributed by atoms with Crippen molar-refractivity contribution in [2.24, 2.45) is 0 Å². The maximum atomic E-state index is 13.2. The van der Waals surface area contributed by atoms with Gasteiger partial charge in [0.25, 0.3) is 23.6 Å². The summed E-state index contributed by atoms with van der Waals surface area (Å²) < 4.78 is 5.98. The fourth-order valence-electron chi connectivity index (χ4n) is 5.35. The third-order valence-electron chi connectivity index (χ3n) is 7.93. The molecule has 4 aromatic rings. The summed E-state index contributed by atoms with van der Waals surface area (Å²) in [6, 6.07) is 24.7. The summed E-state index contributed by atoms with van der Waals surface area (Å²) >= 11 is 0. The number of benzene rings is 4. The van der Waals surface area contributed by atoms with Gasteiger partial charge in [0.05, 0.1) is 49.8 Å². The normalized spacial score (nSPS) is 14.8. The lowest BCUT2D eigenvalue weighted by Crippen LogP contribution is -2.38. The third kappa shape index (κ3) is 4.94. The average molecular weight is 605 g/mol. The van der Waals surface area contributed by atoms with Crippen LogP contribution in [0.25, 0.3) is 0 Å². The molecule has 2 aliphatic heterocycles. The Balaban J connectivity index is 1.17.